The summed E-state index contributed by atoms with van der Waals surface area (Å²) < 4.78 is 27.6. The lowest BCUT2D eigenvalue weighted by Gasteiger charge is -2.33. The van der Waals surface area contributed by atoms with Gasteiger partial charge in [-0.3, -0.25) is 4.79 Å². The molecule has 1 amide bonds. The molecule has 3 rings (SSSR count). The van der Waals surface area contributed by atoms with E-state index in [4.69, 9.17) is 11.6 Å². The van der Waals surface area contributed by atoms with Crippen LogP contribution in [0, 0.1) is 5.92 Å². The van der Waals surface area contributed by atoms with Gasteiger partial charge in [-0.15, -0.1) is 0 Å². The van der Waals surface area contributed by atoms with Gasteiger partial charge in [0.15, 0.2) is 0 Å². The van der Waals surface area contributed by atoms with E-state index in [1.165, 1.54) is 28.9 Å². The van der Waals surface area contributed by atoms with E-state index >= 15 is 0 Å². The van der Waals surface area contributed by atoms with Crippen LogP contribution in [-0.4, -0.2) is 62.3 Å². The maximum absolute atomic E-state index is 13.0. The van der Waals surface area contributed by atoms with Crippen LogP contribution in [0.15, 0.2) is 23.1 Å². The monoisotopic (exact) mass is 427 g/mol. The highest BCUT2D eigenvalue weighted by Crippen LogP contribution is 2.27. The zero-order valence-corrected chi connectivity index (χ0v) is 18.2. The van der Waals surface area contributed by atoms with Crippen LogP contribution >= 0.6 is 11.6 Å². The van der Waals surface area contributed by atoms with Crippen LogP contribution in [0.4, 0.5) is 0 Å². The van der Waals surface area contributed by atoms with Gasteiger partial charge >= 0.3 is 0 Å². The fraction of sp³-hybridized carbons (Fsp3) is 0.650. The van der Waals surface area contributed by atoms with Crippen molar-refractivity contribution in [3.63, 3.8) is 0 Å². The third kappa shape index (κ3) is 4.70. The van der Waals surface area contributed by atoms with Gasteiger partial charge in [0.25, 0.3) is 5.91 Å². The highest BCUT2D eigenvalue weighted by Gasteiger charge is 2.30. The summed E-state index contributed by atoms with van der Waals surface area (Å²) in [6, 6.07) is 4.53. The minimum atomic E-state index is -3.64. The number of piperazine rings is 1. The lowest BCUT2D eigenvalue weighted by molar-refractivity contribution is 0.0910. The number of hydrogen-bond donors (Lipinski definition) is 1. The smallest absolute Gasteiger partial charge is 0.253 e. The van der Waals surface area contributed by atoms with Crippen LogP contribution in [0.1, 0.15) is 49.9 Å². The number of nitrogens with one attached hydrogen (secondary N) is 1. The zero-order valence-electron chi connectivity index (χ0n) is 16.7. The SMILES string of the molecule is CCN1CCN(S(=O)(=O)c2ccc(Cl)c(C(=O)N[C@H]3CCCC[C@H]3C)c2)CC1. The largest absolute Gasteiger partial charge is 0.349 e. The van der Waals surface area contributed by atoms with Gasteiger partial charge in [0, 0.05) is 32.2 Å². The maximum Gasteiger partial charge on any atom is 0.253 e. The standard InChI is InChI=1S/C20H30ClN3O3S/c1-3-23-10-12-24(13-11-23)28(26,27)16-8-9-18(21)17(14-16)20(25)22-19-7-5-4-6-15(19)2/h8-9,14-15,19H,3-7,10-13H2,1-2H3,(H,22,25)/t15-,19+/m1/s1. The molecule has 2 aliphatic rings. The molecule has 1 aromatic carbocycles. The van der Waals surface area contributed by atoms with Gasteiger partial charge in [-0.25, -0.2) is 8.42 Å². The number of amides is 1. The molecule has 1 aliphatic carbocycles. The Morgan fingerprint density at radius 1 is 1.18 bits per heavy atom. The average molecular weight is 428 g/mol. The summed E-state index contributed by atoms with van der Waals surface area (Å²) in [6.45, 7) is 7.48. The van der Waals surface area contributed by atoms with Crippen LogP contribution in [0.25, 0.3) is 0 Å². The minimum Gasteiger partial charge on any atom is -0.349 e. The van der Waals surface area contributed by atoms with Gasteiger partial charge in [-0.05, 0) is 43.5 Å². The lowest BCUT2D eigenvalue weighted by Crippen LogP contribution is -2.48. The molecule has 2 fully saturated rings. The van der Waals surface area contributed by atoms with Crippen molar-refractivity contribution in [2.45, 2.75) is 50.5 Å². The first-order valence-corrected chi connectivity index (χ1v) is 12.0. The first-order chi connectivity index (χ1) is 13.3. The van der Waals surface area contributed by atoms with Crippen molar-refractivity contribution in [2.24, 2.45) is 5.92 Å². The third-order valence-corrected chi connectivity index (χ3v) is 8.25. The predicted molar refractivity (Wildman–Crippen MR) is 111 cm³/mol. The number of hydrogen-bond acceptors (Lipinski definition) is 4. The fourth-order valence-electron chi connectivity index (χ4n) is 4.05. The number of likely N-dealkylation sites (N-methyl/N-ethyl adjacent to an activating group) is 1. The van der Waals surface area contributed by atoms with E-state index in [2.05, 4.69) is 24.1 Å². The van der Waals surface area contributed by atoms with E-state index in [1.807, 2.05) is 0 Å². The Labute approximate surface area is 173 Å². The topological polar surface area (TPSA) is 69.7 Å². The Hall–Kier alpha value is -1.15. The summed E-state index contributed by atoms with van der Waals surface area (Å²) in [6.07, 6.45) is 4.33. The lowest BCUT2D eigenvalue weighted by atomic mass is 9.86. The number of benzene rings is 1. The number of halogens is 1. The molecule has 1 saturated carbocycles. The summed E-state index contributed by atoms with van der Waals surface area (Å²) in [4.78, 5) is 15.2. The molecule has 0 radical (unpaired) electrons. The molecule has 1 aromatic rings. The Morgan fingerprint density at radius 2 is 1.86 bits per heavy atom. The van der Waals surface area contributed by atoms with Crippen LogP contribution in [0.3, 0.4) is 0 Å². The maximum atomic E-state index is 13.0. The molecule has 0 aromatic heterocycles. The molecule has 2 atom stereocenters. The normalized spacial score (nSPS) is 24.8. The molecule has 8 heteroatoms. The van der Waals surface area contributed by atoms with Crippen molar-refractivity contribution >= 4 is 27.5 Å². The number of nitrogens with zero attached hydrogens (tertiary/aromatic N) is 2. The van der Waals surface area contributed by atoms with E-state index in [0.717, 1.165) is 38.9 Å². The van der Waals surface area contributed by atoms with E-state index in [0.29, 0.717) is 19.0 Å². The molecular weight excluding hydrogens is 398 g/mol. The van der Waals surface area contributed by atoms with Crippen LogP contribution in [0.2, 0.25) is 5.02 Å². The molecule has 0 spiro atoms. The molecule has 156 valence electrons. The second kappa shape index (κ2) is 9.11. The predicted octanol–water partition coefficient (Wildman–Crippen LogP) is 2.97. The summed E-state index contributed by atoms with van der Waals surface area (Å²) in [5.74, 6) is 0.120. The van der Waals surface area contributed by atoms with Gasteiger partial charge in [0.05, 0.1) is 15.5 Å². The molecule has 0 unspecified atom stereocenters. The van der Waals surface area contributed by atoms with Crippen molar-refractivity contribution in [2.75, 3.05) is 32.7 Å². The van der Waals surface area contributed by atoms with E-state index in [9.17, 15) is 13.2 Å². The first kappa shape index (κ1) is 21.6. The summed E-state index contributed by atoms with van der Waals surface area (Å²) >= 11 is 6.24. The summed E-state index contributed by atoms with van der Waals surface area (Å²) in [5.41, 5.74) is 0.229. The summed E-state index contributed by atoms with van der Waals surface area (Å²) in [5, 5.41) is 3.33. The number of sulfonamides is 1. The molecular formula is C20H30ClN3O3S. The zero-order chi connectivity index (χ0) is 20.3. The van der Waals surface area contributed by atoms with Gasteiger partial charge in [0.1, 0.15) is 0 Å². The van der Waals surface area contributed by atoms with Crippen LogP contribution in [-0.2, 0) is 10.0 Å². The Bertz CT molecular complexity index is 807. The van der Waals surface area contributed by atoms with Crippen LogP contribution in [0.5, 0.6) is 0 Å². The molecule has 1 heterocycles. The highest BCUT2D eigenvalue weighted by molar-refractivity contribution is 7.89. The molecule has 0 bridgehead atoms. The fourth-order valence-corrected chi connectivity index (χ4v) is 5.70. The van der Waals surface area contributed by atoms with Gasteiger partial charge in [0.2, 0.25) is 10.0 Å². The number of carbonyl (C=O) groups is 1. The Kier molecular flexibility index (Phi) is 7.02. The second-order valence-electron chi connectivity index (χ2n) is 7.82. The minimum absolute atomic E-state index is 0.111. The third-order valence-electron chi connectivity index (χ3n) is 6.03. The van der Waals surface area contributed by atoms with E-state index < -0.39 is 10.0 Å². The summed E-state index contributed by atoms with van der Waals surface area (Å²) in [7, 11) is -3.64. The first-order valence-electron chi connectivity index (χ1n) is 10.2. The van der Waals surface area contributed by atoms with Gasteiger partial charge < -0.3 is 10.2 Å². The van der Waals surface area contributed by atoms with Crippen molar-refractivity contribution in [1.29, 1.82) is 0 Å². The van der Waals surface area contributed by atoms with Gasteiger partial charge in [-0.1, -0.05) is 38.3 Å². The van der Waals surface area contributed by atoms with Crippen LogP contribution < -0.4 is 5.32 Å². The Morgan fingerprint density at radius 3 is 2.50 bits per heavy atom. The molecule has 1 N–H and O–H groups in total. The number of carbonyl (C=O) groups excluding carboxylic acids is 1. The highest BCUT2D eigenvalue weighted by atomic mass is 35.5. The van der Waals surface area contributed by atoms with Crippen molar-refractivity contribution in [3.05, 3.63) is 28.8 Å². The van der Waals surface area contributed by atoms with E-state index in [1.54, 1.807) is 0 Å². The molecule has 6 nitrogen and oxygen atoms in total. The molecule has 1 saturated heterocycles. The quantitative estimate of drug-likeness (QED) is 0.784. The van der Waals surface area contributed by atoms with Crippen molar-refractivity contribution < 1.29 is 13.2 Å². The van der Waals surface area contributed by atoms with Crippen molar-refractivity contribution in [3.8, 4) is 0 Å². The second-order valence-corrected chi connectivity index (χ2v) is 10.2. The number of rotatable bonds is 5. The van der Waals surface area contributed by atoms with E-state index in [-0.39, 0.29) is 27.4 Å². The Balaban J connectivity index is 1.78. The molecule has 1 aliphatic heterocycles. The van der Waals surface area contributed by atoms with Gasteiger partial charge in [-0.2, -0.15) is 4.31 Å². The average Bonchev–Trinajstić information content (AvgIpc) is 2.70. The van der Waals surface area contributed by atoms with Crippen molar-refractivity contribution in [1.82, 2.24) is 14.5 Å². The molecule has 28 heavy (non-hydrogen) atoms.